The van der Waals surface area contributed by atoms with Crippen molar-refractivity contribution in [2.24, 2.45) is 0 Å². The van der Waals surface area contributed by atoms with Gasteiger partial charge in [-0.2, -0.15) is 4.98 Å². The lowest BCUT2D eigenvalue weighted by atomic mass is 9.89. The molecular formula is C20H21N9S. The Hall–Kier alpha value is -3.14. The topological polar surface area (TPSA) is 90.4 Å². The number of thiazole rings is 1. The van der Waals surface area contributed by atoms with E-state index in [9.17, 15) is 0 Å². The Balaban J connectivity index is 1.54. The Kier molecular flexibility index (Phi) is 3.95. The van der Waals surface area contributed by atoms with E-state index in [1.54, 1.807) is 23.7 Å². The fourth-order valence-corrected chi connectivity index (χ4v) is 5.04. The summed E-state index contributed by atoms with van der Waals surface area (Å²) in [5.74, 6) is 4.15. The van der Waals surface area contributed by atoms with Crippen LogP contribution in [0.15, 0.2) is 30.2 Å². The molecule has 0 aromatic carbocycles. The largest absolute Gasteiger partial charge is 0.341 e. The summed E-state index contributed by atoms with van der Waals surface area (Å²) in [6.45, 7) is 4.19. The molecule has 30 heavy (non-hydrogen) atoms. The summed E-state index contributed by atoms with van der Waals surface area (Å²) in [7, 11) is 0. The number of hydrogen-bond donors (Lipinski definition) is 0. The Labute approximate surface area is 177 Å². The van der Waals surface area contributed by atoms with Gasteiger partial charge in [0.2, 0.25) is 5.95 Å². The van der Waals surface area contributed by atoms with Crippen molar-refractivity contribution in [3.63, 3.8) is 0 Å². The van der Waals surface area contributed by atoms with E-state index in [2.05, 4.69) is 36.6 Å². The molecule has 0 radical (unpaired) electrons. The van der Waals surface area contributed by atoms with E-state index in [4.69, 9.17) is 9.97 Å². The van der Waals surface area contributed by atoms with E-state index in [0.717, 1.165) is 40.4 Å². The Bertz CT molecular complexity index is 1210. The van der Waals surface area contributed by atoms with E-state index in [1.165, 1.54) is 19.3 Å². The van der Waals surface area contributed by atoms with Crippen molar-refractivity contribution < 1.29 is 0 Å². The van der Waals surface area contributed by atoms with Gasteiger partial charge in [0.25, 0.3) is 0 Å². The molecule has 6 rings (SSSR count). The molecule has 1 fully saturated rings. The molecule has 0 amide bonds. The lowest BCUT2D eigenvalue weighted by Gasteiger charge is -2.45. The van der Waals surface area contributed by atoms with Crippen molar-refractivity contribution in [2.75, 3.05) is 4.90 Å². The summed E-state index contributed by atoms with van der Waals surface area (Å²) in [4.78, 5) is 21.1. The maximum absolute atomic E-state index is 5.07. The lowest BCUT2D eigenvalue weighted by molar-refractivity contribution is 0.341. The lowest BCUT2D eigenvalue weighted by Crippen LogP contribution is -2.46. The van der Waals surface area contributed by atoms with Gasteiger partial charge < -0.3 is 4.90 Å². The average Bonchev–Trinajstić information content (AvgIpc) is 3.47. The average molecular weight is 420 g/mol. The third-order valence-electron chi connectivity index (χ3n) is 6.04. The molecule has 1 aliphatic carbocycles. The van der Waals surface area contributed by atoms with Crippen molar-refractivity contribution in [3.8, 4) is 22.5 Å². The van der Waals surface area contributed by atoms with Crippen LogP contribution in [0.5, 0.6) is 0 Å². The molecule has 10 heteroatoms. The second kappa shape index (κ2) is 6.69. The molecule has 0 spiro atoms. The number of imidazole rings is 1. The summed E-state index contributed by atoms with van der Waals surface area (Å²) in [5.41, 5.74) is 0.948. The number of aromatic nitrogens is 8. The van der Waals surface area contributed by atoms with Crippen LogP contribution < -0.4 is 4.90 Å². The summed E-state index contributed by atoms with van der Waals surface area (Å²) < 4.78 is 4.02. The summed E-state index contributed by atoms with van der Waals surface area (Å²) in [6, 6.07) is 0.636. The minimum absolute atomic E-state index is 0.160. The van der Waals surface area contributed by atoms with E-state index >= 15 is 0 Å². The minimum Gasteiger partial charge on any atom is -0.341 e. The molecule has 4 aromatic rings. The highest BCUT2D eigenvalue weighted by Gasteiger charge is 2.40. The van der Waals surface area contributed by atoms with Crippen molar-refractivity contribution >= 4 is 17.2 Å². The molecular weight excluding hydrogens is 398 g/mol. The molecule has 1 atom stereocenters. The van der Waals surface area contributed by atoms with Crippen molar-refractivity contribution in [1.82, 2.24) is 39.3 Å². The fraction of sp³-hybridized carbons (Fsp3) is 0.400. The Morgan fingerprint density at radius 1 is 1.13 bits per heavy atom. The van der Waals surface area contributed by atoms with Crippen LogP contribution in [0.3, 0.4) is 0 Å². The Morgan fingerprint density at radius 3 is 2.77 bits per heavy atom. The maximum Gasteiger partial charge on any atom is 0.237 e. The minimum atomic E-state index is 0.160. The van der Waals surface area contributed by atoms with Gasteiger partial charge in [0.1, 0.15) is 11.5 Å². The zero-order valence-corrected chi connectivity index (χ0v) is 17.6. The van der Waals surface area contributed by atoms with Gasteiger partial charge in [-0.05, 0) is 32.6 Å². The van der Waals surface area contributed by atoms with Crippen molar-refractivity contribution in [3.05, 3.63) is 41.8 Å². The molecule has 2 aliphatic rings. The third-order valence-corrected chi connectivity index (χ3v) is 6.81. The highest BCUT2D eigenvalue weighted by molar-refractivity contribution is 7.13. The summed E-state index contributed by atoms with van der Waals surface area (Å²) >= 11 is 1.55. The molecule has 1 aliphatic heterocycles. The van der Waals surface area contributed by atoms with Gasteiger partial charge in [-0.15, -0.1) is 21.5 Å². The standard InChI is InChI=1S/C20H21N9S/c1-3-14-17-26-25-12(2)28(17)15-11-23-20(24-16(15)29(14)13-5-4-6-13)27-9-7-21-18(27)19-22-8-10-30-19/h7-11,13-14H,3-6H2,1-2H3. The molecule has 0 saturated heterocycles. The first kappa shape index (κ1) is 17.7. The molecule has 152 valence electrons. The van der Waals surface area contributed by atoms with Gasteiger partial charge in [0.15, 0.2) is 22.5 Å². The first-order valence-electron chi connectivity index (χ1n) is 10.3. The first-order valence-corrected chi connectivity index (χ1v) is 11.2. The number of nitrogens with zero attached hydrogens (tertiary/aromatic N) is 9. The first-order chi connectivity index (χ1) is 14.8. The number of aryl methyl sites for hydroxylation is 1. The van der Waals surface area contributed by atoms with Gasteiger partial charge in [0.05, 0.1) is 12.2 Å². The van der Waals surface area contributed by atoms with Crippen molar-refractivity contribution in [2.45, 2.75) is 51.6 Å². The van der Waals surface area contributed by atoms with Crippen LogP contribution in [0.1, 0.15) is 50.3 Å². The summed E-state index contributed by atoms with van der Waals surface area (Å²) in [5, 5.41) is 11.7. The quantitative estimate of drug-likeness (QED) is 0.500. The van der Waals surface area contributed by atoms with E-state index < -0.39 is 0 Å². The SMILES string of the molecule is CCC1c2nnc(C)n2-c2cnc(-n3ccnc3-c3nccs3)nc2N1C1CCC1. The predicted octanol–water partition coefficient (Wildman–Crippen LogP) is 3.50. The molecule has 0 N–H and O–H groups in total. The van der Waals surface area contributed by atoms with Gasteiger partial charge >= 0.3 is 0 Å². The second-order valence-corrected chi connectivity index (χ2v) is 8.59. The van der Waals surface area contributed by atoms with Crippen LogP contribution >= 0.6 is 11.3 Å². The van der Waals surface area contributed by atoms with Crippen LogP contribution in [-0.2, 0) is 0 Å². The molecule has 5 heterocycles. The molecule has 0 bridgehead atoms. The number of fused-ring (bicyclic) bond motifs is 3. The molecule has 1 saturated carbocycles. The van der Waals surface area contributed by atoms with E-state index in [0.29, 0.717) is 12.0 Å². The smallest absolute Gasteiger partial charge is 0.237 e. The summed E-state index contributed by atoms with van der Waals surface area (Å²) in [6.07, 6.45) is 11.9. The van der Waals surface area contributed by atoms with Crippen LogP contribution in [0, 0.1) is 6.92 Å². The van der Waals surface area contributed by atoms with Gasteiger partial charge in [0, 0.05) is 30.0 Å². The van der Waals surface area contributed by atoms with Gasteiger partial charge in [-0.25, -0.2) is 15.0 Å². The highest BCUT2D eigenvalue weighted by Crippen LogP contribution is 2.44. The predicted molar refractivity (Wildman–Crippen MR) is 113 cm³/mol. The second-order valence-electron chi connectivity index (χ2n) is 7.69. The number of hydrogen-bond acceptors (Lipinski definition) is 8. The number of anilines is 1. The third kappa shape index (κ3) is 2.46. The van der Waals surface area contributed by atoms with E-state index in [1.807, 2.05) is 29.3 Å². The number of rotatable bonds is 4. The molecule has 9 nitrogen and oxygen atoms in total. The van der Waals surface area contributed by atoms with Gasteiger partial charge in [-0.3, -0.25) is 9.13 Å². The molecule has 1 unspecified atom stereocenters. The monoisotopic (exact) mass is 419 g/mol. The van der Waals surface area contributed by atoms with Crippen LogP contribution in [-0.4, -0.2) is 45.3 Å². The van der Waals surface area contributed by atoms with Crippen LogP contribution in [0.25, 0.3) is 22.5 Å². The van der Waals surface area contributed by atoms with Crippen LogP contribution in [0.2, 0.25) is 0 Å². The fourth-order valence-electron chi connectivity index (χ4n) is 4.41. The highest BCUT2D eigenvalue weighted by atomic mass is 32.1. The van der Waals surface area contributed by atoms with Gasteiger partial charge in [-0.1, -0.05) is 6.92 Å². The van der Waals surface area contributed by atoms with E-state index in [-0.39, 0.29) is 6.04 Å². The van der Waals surface area contributed by atoms with Crippen LogP contribution in [0.4, 0.5) is 5.82 Å². The molecule has 4 aromatic heterocycles. The Morgan fingerprint density at radius 2 is 2.03 bits per heavy atom. The van der Waals surface area contributed by atoms with Crippen molar-refractivity contribution in [1.29, 1.82) is 0 Å². The zero-order chi connectivity index (χ0) is 20.2. The zero-order valence-electron chi connectivity index (χ0n) is 16.8. The normalized spacial score (nSPS) is 18.2. The maximum atomic E-state index is 5.07.